The Hall–Kier alpha value is -2.04. The Kier molecular flexibility index (Phi) is 5.26. The monoisotopic (exact) mass is 390 g/mol. The summed E-state index contributed by atoms with van der Waals surface area (Å²) in [6.45, 7) is 4.37. The Morgan fingerprint density at radius 3 is 2.50 bits per heavy atom. The minimum Gasteiger partial charge on any atom is -0.324 e. The summed E-state index contributed by atoms with van der Waals surface area (Å²) in [6, 6.07) is 12.6. The molecule has 1 fully saturated rings. The first kappa shape index (κ1) is 18.7. The lowest BCUT2D eigenvalue weighted by Gasteiger charge is -2.26. The third kappa shape index (κ3) is 3.57. The zero-order valence-corrected chi connectivity index (χ0v) is 16.2. The maximum absolute atomic E-state index is 13.2. The molecule has 4 nitrogen and oxygen atoms in total. The second-order valence-electron chi connectivity index (χ2n) is 6.55. The molecule has 0 unspecified atom stereocenters. The first-order valence-electron chi connectivity index (χ1n) is 8.52. The molecule has 2 amide bonds. The molecule has 0 saturated heterocycles. The molecule has 0 aromatic heterocycles. The van der Waals surface area contributed by atoms with Crippen LogP contribution in [0.4, 0.5) is 11.4 Å². The predicted octanol–water partition coefficient (Wildman–Crippen LogP) is 5.07. The molecule has 6 heteroatoms. The van der Waals surface area contributed by atoms with Crippen LogP contribution in [-0.2, 0) is 9.59 Å². The summed E-state index contributed by atoms with van der Waals surface area (Å²) >= 11 is 12.1. The summed E-state index contributed by atoms with van der Waals surface area (Å²) in [4.78, 5) is 27.7. The van der Waals surface area contributed by atoms with Gasteiger partial charge in [0.2, 0.25) is 11.8 Å². The number of carbonyl (C=O) groups excluding carboxylic acids is 2. The fourth-order valence-electron chi connectivity index (χ4n) is 3.00. The van der Waals surface area contributed by atoms with E-state index in [0.29, 0.717) is 35.1 Å². The molecular weight excluding hydrogens is 371 g/mol. The molecule has 0 radical (unpaired) electrons. The average molecular weight is 391 g/mol. The molecule has 26 heavy (non-hydrogen) atoms. The van der Waals surface area contributed by atoms with Crippen LogP contribution in [0, 0.1) is 12.3 Å². The van der Waals surface area contributed by atoms with Gasteiger partial charge in [-0.2, -0.15) is 0 Å². The van der Waals surface area contributed by atoms with Crippen molar-refractivity contribution in [1.82, 2.24) is 0 Å². The molecule has 0 spiro atoms. The fourth-order valence-corrected chi connectivity index (χ4v) is 3.33. The lowest BCUT2D eigenvalue weighted by Crippen LogP contribution is -2.43. The minimum absolute atomic E-state index is 0.179. The van der Waals surface area contributed by atoms with Crippen molar-refractivity contribution in [1.29, 1.82) is 0 Å². The van der Waals surface area contributed by atoms with Gasteiger partial charge >= 0.3 is 0 Å². The highest BCUT2D eigenvalue weighted by molar-refractivity contribution is 6.36. The van der Waals surface area contributed by atoms with E-state index in [9.17, 15) is 9.59 Å². The van der Waals surface area contributed by atoms with E-state index in [4.69, 9.17) is 23.2 Å². The molecule has 1 N–H and O–H groups in total. The van der Waals surface area contributed by atoms with Crippen LogP contribution in [-0.4, -0.2) is 18.4 Å². The molecule has 1 aliphatic carbocycles. The smallest absolute Gasteiger partial charge is 0.242 e. The van der Waals surface area contributed by atoms with E-state index in [1.54, 1.807) is 23.1 Å². The number of carbonyl (C=O) groups is 2. The van der Waals surface area contributed by atoms with Gasteiger partial charge in [0, 0.05) is 17.3 Å². The van der Waals surface area contributed by atoms with Crippen molar-refractivity contribution in [2.75, 3.05) is 16.8 Å². The van der Waals surface area contributed by atoms with Gasteiger partial charge in [-0.15, -0.1) is 0 Å². The van der Waals surface area contributed by atoms with E-state index in [0.717, 1.165) is 11.3 Å². The maximum Gasteiger partial charge on any atom is 0.242 e. The molecule has 0 bridgehead atoms. The normalized spacial score (nSPS) is 14.6. The van der Waals surface area contributed by atoms with Crippen molar-refractivity contribution >= 4 is 46.4 Å². The van der Waals surface area contributed by atoms with E-state index >= 15 is 0 Å². The second-order valence-corrected chi connectivity index (χ2v) is 7.39. The van der Waals surface area contributed by atoms with Gasteiger partial charge in [0.25, 0.3) is 0 Å². The van der Waals surface area contributed by atoms with Crippen molar-refractivity contribution in [3.8, 4) is 0 Å². The molecule has 1 saturated carbocycles. The van der Waals surface area contributed by atoms with Crippen molar-refractivity contribution in [2.45, 2.75) is 26.7 Å². The quantitative estimate of drug-likeness (QED) is 0.724. The Balaban J connectivity index is 1.83. The highest BCUT2D eigenvalue weighted by Crippen LogP contribution is 2.49. The van der Waals surface area contributed by atoms with Crippen molar-refractivity contribution in [3.05, 3.63) is 58.1 Å². The highest BCUT2D eigenvalue weighted by atomic mass is 35.5. The lowest BCUT2D eigenvalue weighted by atomic mass is 10.0. The van der Waals surface area contributed by atoms with Gasteiger partial charge in [0.15, 0.2) is 0 Å². The van der Waals surface area contributed by atoms with E-state index in [-0.39, 0.29) is 11.8 Å². The summed E-state index contributed by atoms with van der Waals surface area (Å²) in [7, 11) is 0. The summed E-state index contributed by atoms with van der Waals surface area (Å²) in [5.74, 6) is -0.515. The lowest BCUT2D eigenvalue weighted by molar-refractivity contribution is -0.132. The average Bonchev–Trinajstić information content (AvgIpc) is 3.41. The zero-order valence-electron chi connectivity index (χ0n) is 14.7. The maximum atomic E-state index is 13.2. The van der Waals surface area contributed by atoms with Crippen molar-refractivity contribution < 1.29 is 9.59 Å². The summed E-state index contributed by atoms with van der Waals surface area (Å²) in [5, 5.41) is 3.63. The van der Waals surface area contributed by atoms with Gasteiger partial charge in [0.05, 0.1) is 10.7 Å². The van der Waals surface area contributed by atoms with Crippen LogP contribution in [0.2, 0.25) is 10.0 Å². The van der Waals surface area contributed by atoms with E-state index < -0.39 is 5.41 Å². The zero-order chi connectivity index (χ0) is 18.9. The van der Waals surface area contributed by atoms with Gasteiger partial charge in [0.1, 0.15) is 5.41 Å². The number of halogens is 2. The van der Waals surface area contributed by atoms with E-state index in [1.807, 2.05) is 38.1 Å². The summed E-state index contributed by atoms with van der Waals surface area (Å²) < 4.78 is 0. The third-order valence-corrected chi connectivity index (χ3v) is 5.21. The fraction of sp³-hybridized carbons (Fsp3) is 0.300. The number of amides is 2. The van der Waals surface area contributed by atoms with Gasteiger partial charge in [-0.05, 0) is 62.6 Å². The topological polar surface area (TPSA) is 49.4 Å². The molecular formula is C20H20Cl2N2O2. The Labute approximate surface area is 163 Å². The molecule has 0 heterocycles. The first-order chi connectivity index (χ1) is 12.4. The standard InChI is InChI=1S/C20H20Cl2N2O2/c1-3-24(15-6-4-5-13(2)11-15)19(26)20(9-10-20)18(25)23-17-12-14(21)7-8-16(17)22/h4-8,11-12H,3,9-10H2,1-2H3,(H,23,25). The predicted molar refractivity (Wildman–Crippen MR) is 106 cm³/mol. The van der Waals surface area contributed by atoms with Gasteiger partial charge in [-0.1, -0.05) is 35.3 Å². The second kappa shape index (κ2) is 7.29. The number of hydrogen-bond donors (Lipinski definition) is 1. The molecule has 136 valence electrons. The van der Waals surface area contributed by atoms with Crippen LogP contribution >= 0.6 is 23.2 Å². The van der Waals surface area contributed by atoms with Crippen LogP contribution in [0.15, 0.2) is 42.5 Å². The Morgan fingerprint density at radius 1 is 1.15 bits per heavy atom. The van der Waals surface area contributed by atoms with Gasteiger partial charge in [-0.3, -0.25) is 9.59 Å². The first-order valence-corrected chi connectivity index (χ1v) is 9.28. The number of aryl methyl sites for hydroxylation is 1. The highest BCUT2D eigenvalue weighted by Gasteiger charge is 2.58. The number of nitrogens with one attached hydrogen (secondary N) is 1. The molecule has 0 atom stereocenters. The Bertz CT molecular complexity index is 863. The molecule has 3 rings (SSSR count). The summed E-state index contributed by atoms with van der Waals surface area (Å²) in [5.41, 5.74) is 1.25. The van der Waals surface area contributed by atoms with Crippen LogP contribution in [0.25, 0.3) is 0 Å². The van der Waals surface area contributed by atoms with Crippen LogP contribution in [0.1, 0.15) is 25.3 Å². The van der Waals surface area contributed by atoms with Crippen LogP contribution in [0.3, 0.4) is 0 Å². The van der Waals surface area contributed by atoms with E-state index in [1.165, 1.54) is 0 Å². The third-order valence-electron chi connectivity index (χ3n) is 4.65. The van der Waals surface area contributed by atoms with Gasteiger partial charge in [-0.25, -0.2) is 0 Å². The molecule has 2 aromatic carbocycles. The van der Waals surface area contributed by atoms with Crippen LogP contribution < -0.4 is 10.2 Å². The number of hydrogen-bond acceptors (Lipinski definition) is 2. The van der Waals surface area contributed by atoms with Gasteiger partial charge < -0.3 is 10.2 Å². The number of nitrogens with zero attached hydrogens (tertiary/aromatic N) is 1. The summed E-state index contributed by atoms with van der Waals surface area (Å²) in [6.07, 6.45) is 1.05. The molecule has 1 aliphatic rings. The largest absolute Gasteiger partial charge is 0.324 e. The van der Waals surface area contributed by atoms with Crippen molar-refractivity contribution in [3.63, 3.8) is 0 Å². The molecule has 0 aliphatic heterocycles. The number of benzene rings is 2. The number of anilines is 2. The van der Waals surface area contributed by atoms with Crippen LogP contribution in [0.5, 0.6) is 0 Å². The molecule has 2 aromatic rings. The number of rotatable bonds is 5. The SMILES string of the molecule is CCN(C(=O)C1(C(=O)Nc2cc(Cl)ccc2Cl)CC1)c1cccc(C)c1. The Morgan fingerprint density at radius 2 is 1.88 bits per heavy atom. The minimum atomic E-state index is -1.04. The van der Waals surface area contributed by atoms with Crippen molar-refractivity contribution in [2.24, 2.45) is 5.41 Å². The van der Waals surface area contributed by atoms with E-state index in [2.05, 4.69) is 5.32 Å².